The van der Waals surface area contributed by atoms with Crippen LogP contribution in [0.4, 0.5) is 18.9 Å². The van der Waals surface area contributed by atoms with Crippen molar-refractivity contribution in [3.8, 4) is 17.6 Å². The van der Waals surface area contributed by atoms with Gasteiger partial charge in [-0.25, -0.2) is 4.79 Å². The molecule has 0 saturated carbocycles. The summed E-state index contributed by atoms with van der Waals surface area (Å²) in [4.78, 5) is 12.2. The fourth-order valence-electron chi connectivity index (χ4n) is 3.75. The van der Waals surface area contributed by atoms with Gasteiger partial charge in [-0.3, -0.25) is 0 Å². The van der Waals surface area contributed by atoms with E-state index in [1.807, 2.05) is 18.2 Å². The molecule has 2 atom stereocenters. The molecule has 9 heteroatoms. The van der Waals surface area contributed by atoms with Crippen LogP contribution in [0.25, 0.3) is 0 Å². The van der Waals surface area contributed by atoms with E-state index in [1.165, 1.54) is 0 Å². The van der Waals surface area contributed by atoms with Crippen molar-refractivity contribution in [1.82, 2.24) is 0 Å². The summed E-state index contributed by atoms with van der Waals surface area (Å²) in [5.41, 5.74) is -1.64. The monoisotopic (exact) mass is 502 g/mol. The smallest absolute Gasteiger partial charge is 0.416 e. The minimum Gasteiger partial charge on any atom is -0.480 e. The van der Waals surface area contributed by atoms with Gasteiger partial charge in [0.15, 0.2) is 0 Å². The van der Waals surface area contributed by atoms with Crippen LogP contribution in [0.5, 0.6) is 11.5 Å². The molecule has 0 aliphatic heterocycles. The zero-order chi connectivity index (χ0) is 25.8. The molecule has 0 aliphatic rings. The van der Waals surface area contributed by atoms with E-state index in [-0.39, 0.29) is 10.7 Å². The highest BCUT2D eigenvalue weighted by Crippen LogP contribution is 2.42. The van der Waals surface area contributed by atoms with E-state index in [9.17, 15) is 28.3 Å². The molecular formula is C26H22ClF3N2O3. The predicted octanol–water partition coefficient (Wildman–Crippen LogP) is 7.35. The summed E-state index contributed by atoms with van der Waals surface area (Å²) in [6, 6.07) is 19.2. The summed E-state index contributed by atoms with van der Waals surface area (Å²) in [6.07, 6.45) is -4.59. The summed E-state index contributed by atoms with van der Waals surface area (Å²) in [5.74, 6) is -1.14. The Balaban J connectivity index is 1.91. The van der Waals surface area contributed by atoms with Gasteiger partial charge < -0.3 is 15.2 Å². The number of ether oxygens (including phenoxy) is 1. The van der Waals surface area contributed by atoms with Crippen LogP contribution in [-0.4, -0.2) is 17.1 Å². The van der Waals surface area contributed by atoms with Crippen LogP contribution in [0.3, 0.4) is 0 Å². The van der Waals surface area contributed by atoms with Crippen LogP contribution >= 0.6 is 11.6 Å². The highest BCUT2D eigenvalue weighted by atomic mass is 35.5. The van der Waals surface area contributed by atoms with Crippen LogP contribution in [-0.2, 0) is 11.0 Å². The molecule has 0 unspecified atom stereocenters. The van der Waals surface area contributed by atoms with E-state index in [1.54, 1.807) is 50.2 Å². The van der Waals surface area contributed by atoms with Gasteiger partial charge in [-0.1, -0.05) is 55.8 Å². The second kappa shape index (κ2) is 10.3. The second-order valence-corrected chi connectivity index (χ2v) is 8.89. The van der Waals surface area contributed by atoms with Crippen LogP contribution < -0.4 is 10.1 Å². The molecular weight excluding hydrogens is 481 g/mol. The van der Waals surface area contributed by atoms with Gasteiger partial charge in [-0.05, 0) is 48.0 Å². The summed E-state index contributed by atoms with van der Waals surface area (Å²) in [6.45, 7) is 3.19. The Morgan fingerprint density at radius 2 is 1.69 bits per heavy atom. The summed E-state index contributed by atoms with van der Waals surface area (Å²) in [5, 5.41) is 22.4. The van der Waals surface area contributed by atoms with Crippen molar-refractivity contribution >= 4 is 23.3 Å². The first-order valence-corrected chi connectivity index (χ1v) is 10.9. The number of nitrogens with one attached hydrogen (secondary N) is 1. The largest absolute Gasteiger partial charge is 0.480 e. The van der Waals surface area contributed by atoms with Gasteiger partial charge in [-0.15, -0.1) is 0 Å². The number of carboxylic acid groups (broad SMARTS) is 1. The number of carbonyl (C=O) groups is 1. The van der Waals surface area contributed by atoms with Crippen molar-refractivity contribution in [3.05, 3.63) is 88.9 Å². The fourth-order valence-corrected chi connectivity index (χ4v) is 3.98. The number of halogens is 4. The number of hydrogen-bond acceptors (Lipinski definition) is 4. The summed E-state index contributed by atoms with van der Waals surface area (Å²) >= 11 is 6.03. The van der Waals surface area contributed by atoms with Crippen molar-refractivity contribution in [2.45, 2.75) is 32.0 Å². The van der Waals surface area contributed by atoms with E-state index < -0.39 is 35.1 Å². The van der Waals surface area contributed by atoms with Crippen LogP contribution in [0.2, 0.25) is 5.02 Å². The Hall–Kier alpha value is -3.70. The maximum Gasteiger partial charge on any atom is 0.416 e. The van der Waals surface area contributed by atoms with Crippen molar-refractivity contribution in [2.75, 3.05) is 5.32 Å². The first-order chi connectivity index (χ1) is 16.4. The Kier molecular flexibility index (Phi) is 7.61. The van der Waals surface area contributed by atoms with Gasteiger partial charge in [0.05, 0.1) is 28.3 Å². The van der Waals surface area contributed by atoms with Gasteiger partial charge >= 0.3 is 12.1 Å². The molecule has 0 amide bonds. The lowest BCUT2D eigenvalue weighted by Crippen LogP contribution is -2.46. The number of nitrogens with zero attached hydrogens (tertiary/aromatic N) is 1. The first-order valence-electron chi connectivity index (χ1n) is 10.5. The minimum atomic E-state index is -4.59. The van der Waals surface area contributed by atoms with E-state index in [0.717, 1.165) is 18.2 Å². The van der Waals surface area contributed by atoms with Crippen molar-refractivity contribution in [3.63, 3.8) is 0 Å². The van der Waals surface area contributed by atoms with E-state index in [4.69, 9.17) is 16.3 Å². The van der Waals surface area contributed by atoms with Crippen LogP contribution in [0, 0.1) is 16.7 Å². The maximum atomic E-state index is 13.0. The average molecular weight is 503 g/mol. The van der Waals surface area contributed by atoms with Gasteiger partial charge in [0.2, 0.25) is 0 Å². The molecule has 0 aliphatic carbocycles. The van der Waals surface area contributed by atoms with E-state index >= 15 is 0 Å². The summed E-state index contributed by atoms with van der Waals surface area (Å²) in [7, 11) is 0. The molecule has 0 aromatic heterocycles. The van der Waals surface area contributed by atoms with Crippen LogP contribution in [0.1, 0.15) is 30.9 Å². The fraction of sp³-hybridized carbons (Fsp3) is 0.231. The Labute approximate surface area is 205 Å². The molecule has 0 spiro atoms. The molecule has 3 aromatic rings. The normalized spacial score (nSPS) is 13.4. The molecule has 0 saturated heterocycles. The van der Waals surface area contributed by atoms with E-state index in [2.05, 4.69) is 11.4 Å². The number of carboxylic acids is 1. The molecule has 5 nitrogen and oxygen atoms in total. The second-order valence-electron chi connectivity index (χ2n) is 8.48. The zero-order valence-electron chi connectivity index (χ0n) is 18.8. The highest BCUT2D eigenvalue weighted by molar-refractivity contribution is 6.33. The molecule has 0 bridgehead atoms. The quantitative estimate of drug-likeness (QED) is 0.336. The average Bonchev–Trinajstić information content (AvgIpc) is 2.78. The topological polar surface area (TPSA) is 82.3 Å². The lowest BCUT2D eigenvalue weighted by Gasteiger charge is -2.36. The molecule has 3 rings (SSSR count). The number of hydrogen-bond donors (Lipinski definition) is 2. The molecule has 0 radical (unpaired) electrons. The third kappa shape index (κ3) is 6.06. The zero-order valence-corrected chi connectivity index (χ0v) is 19.6. The molecule has 182 valence electrons. The first kappa shape index (κ1) is 25.9. The van der Waals surface area contributed by atoms with Gasteiger partial charge in [-0.2, -0.15) is 18.4 Å². The number of aliphatic carboxylic acids is 1. The van der Waals surface area contributed by atoms with Gasteiger partial charge in [0.25, 0.3) is 0 Å². The number of alkyl halides is 3. The SMILES string of the molecule is CC(C)([C@H](C#N)c1cccc(Oc2ccccc2)c1)[C@@H](Nc1ccc(C(F)(F)F)cc1Cl)C(=O)O. The lowest BCUT2D eigenvalue weighted by molar-refractivity contribution is -0.141. The predicted molar refractivity (Wildman–Crippen MR) is 127 cm³/mol. The third-order valence-electron chi connectivity index (χ3n) is 5.63. The maximum absolute atomic E-state index is 13.0. The number of anilines is 1. The third-order valence-corrected chi connectivity index (χ3v) is 5.94. The van der Waals surface area contributed by atoms with Gasteiger partial charge in [0.1, 0.15) is 17.5 Å². The molecule has 2 N–H and O–H groups in total. The minimum absolute atomic E-state index is 0.0120. The standard InChI is InChI=1S/C26H22ClF3N2O3/c1-25(2,23(24(33)34)32-22-12-11-17(14-21(22)27)26(28,29)30)20(15-31)16-7-6-10-19(13-16)35-18-8-4-3-5-9-18/h3-14,20,23,32H,1-2H3,(H,33,34)/t20-,23+/m1/s1. The van der Waals surface area contributed by atoms with Crippen molar-refractivity contribution in [2.24, 2.45) is 5.41 Å². The Morgan fingerprint density at radius 1 is 1.03 bits per heavy atom. The van der Waals surface area contributed by atoms with Crippen LogP contribution in [0.15, 0.2) is 72.8 Å². The van der Waals surface area contributed by atoms with Crippen molar-refractivity contribution in [1.29, 1.82) is 5.26 Å². The molecule has 0 heterocycles. The Morgan fingerprint density at radius 3 is 2.26 bits per heavy atom. The number of nitriles is 1. The number of rotatable bonds is 8. The number of benzene rings is 3. The number of para-hydroxylation sites is 1. The van der Waals surface area contributed by atoms with E-state index in [0.29, 0.717) is 17.1 Å². The van der Waals surface area contributed by atoms with Gasteiger partial charge in [0, 0.05) is 5.41 Å². The Bertz CT molecular complexity index is 1240. The summed E-state index contributed by atoms with van der Waals surface area (Å²) < 4.78 is 44.7. The molecule has 0 fully saturated rings. The highest BCUT2D eigenvalue weighted by Gasteiger charge is 2.43. The molecule has 3 aromatic carbocycles. The lowest BCUT2D eigenvalue weighted by atomic mass is 9.70. The molecule has 35 heavy (non-hydrogen) atoms. The van der Waals surface area contributed by atoms with Crippen molar-refractivity contribution < 1.29 is 27.8 Å².